The van der Waals surface area contributed by atoms with E-state index in [9.17, 15) is 4.39 Å². The molecule has 1 aromatic carbocycles. The maximum atomic E-state index is 12.8. The average Bonchev–Trinajstić information content (AvgIpc) is 2.01. The Morgan fingerprint density at radius 2 is 2.08 bits per heavy atom. The van der Waals surface area contributed by atoms with Crippen molar-refractivity contribution < 1.29 is 4.39 Å². The predicted molar refractivity (Wildman–Crippen MR) is 54.7 cm³/mol. The topological polar surface area (TPSA) is 0 Å². The van der Waals surface area contributed by atoms with Gasteiger partial charge in [0, 0.05) is 16.1 Å². The highest BCUT2D eigenvalue weighted by molar-refractivity contribution is 6.18. The average molecular weight is 214 g/mol. The molecule has 1 aromatic rings. The molecule has 0 aliphatic rings. The molecule has 0 aromatic heterocycles. The normalized spacial score (nSPS) is 11.8. The van der Waals surface area contributed by atoms with Crippen molar-refractivity contribution in [1.82, 2.24) is 0 Å². The Balaban J connectivity index is 3.22. The van der Waals surface area contributed by atoms with Gasteiger partial charge in [0.15, 0.2) is 0 Å². The van der Waals surface area contributed by atoms with Gasteiger partial charge >= 0.3 is 0 Å². The van der Waals surface area contributed by atoms with Crippen LogP contribution in [0.3, 0.4) is 0 Å². The van der Waals surface area contributed by atoms with Crippen molar-refractivity contribution in [2.45, 2.75) is 24.8 Å². The molecule has 0 heterocycles. The summed E-state index contributed by atoms with van der Waals surface area (Å²) in [6, 6.07) is 4.69. The van der Waals surface area contributed by atoms with Gasteiger partial charge in [0.1, 0.15) is 5.82 Å². The summed E-state index contributed by atoms with van der Waals surface area (Å²) >= 11 is 5.72. The van der Waals surface area contributed by atoms with Gasteiger partial charge in [-0.05, 0) is 28.3 Å². The number of rotatable bonds is 2. The van der Waals surface area contributed by atoms with Crippen molar-refractivity contribution in [3.63, 3.8) is 0 Å². The van der Waals surface area contributed by atoms with Crippen LogP contribution in [0.4, 0.5) is 4.39 Å². The van der Waals surface area contributed by atoms with E-state index < -0.39 is 0 Å². The minimum absolute atomic E-state index is 0.169. The molecule has 3 heteroatoms. The summed E-state index contributed by atoms with van der Waals surface area (Å²) in [6.45, 7) is 4.01. The Bertz CT molecular complexity index is 304. The summed E-state index contributed by atoms with van der Waals surface area (Å²) in [5, 5.41) is -0.169. The van der Waals surface area contributed by atoms with Crippen molar-refractivity contribution in [1.29, 1.82) is 0 Å². The van der Waals surface area contributed by atoms with Crippen molar-refractivity contribution in [2.75, 3.05) is 0 Å². The van der Waals surface area contributed by atoms with Crippen LogP contribution in [-0.4, -0.2) is 10.2 Å². The first-order chi connectivity index (χ1) is 5.95. The third-order valence-electron chi connectivity index (χ3n) is 1.88. The third-order valence-corrected chi connectivity index (χ3v) is 2.44. The van der Waals surface area contributed by atoms with Gasteiger partial charge in [-0.25, -0.2) is 4.39 Å². The number of hydrogen-bond donors (Lipinski definition) is 0. The van der Waals surface area contributed by atoms with Crippen LogP contribution >= 0.6 is 11.6 Å². The van der Waals surface area contributed by atoms with E-state index in [1.807, 2.05) is 13.8 Å². The summed E-state index contributed by atoms with van der Waals surface area (Å²) in [7, 11) is 3.57. The largest absolute Gasteiger partial charge is 0.207 e. The first kappa shape index (κ1) is 10.7. The monoisotopic (exact) mass is 213 g/mol. The van der Waals surface area contributed by atoms with Gasteiger partial charge in [-0.3, -0.25) is 0 Å². The number of hydrogen-bond acceptors (Lipinski definition) is 0. The Kier molecular flexibility index (Phi) is 3.14. The van der Waals surface area contributed by atoms with Crippen LogP contribution in [0.5, 0.6) is 0 Å². The molecule has 0 amide bonds. The van der Waals surface area contributed by atoms with E-state index in [1.165, 1.54) is 12.1 Å². The molecule has 0 nitrogen and oxygen atoms in total. The van der Waals surface area contributed by atoms with Crippen LogP contribution in [0.15, 0.2) is 18.2 Å². The molecule has 3 radical (unpaired) electrons. The van der Waals surface area contributed by atoms with E-state index in [-0.39, 0.29) is 10.9 Å². The van der Waals surface area contributed by atoms with Gasteiger partial charge < -0.3 is 0 Å². The standard InChI is InChI=1S/C10H11ClFSi/c1-10(2,13)9-4-3-8(12)5-7(9)6-11/h3-5H,6H2,1-2H3. The molecular weight excluding hydrogens is 203 g/mol. The molecule has 0 spiro atoms. The zero-order valence-electron chi connectivity index (χ0n) is 7.70. The van der Waals surface area contributed by atoms with Gasteiger partial charge in [-0.1, -0.05) is 19.9 Å². The molecular formula is C10H11ClFSi. The highest BCUT2D eigenvalue weighted by Crippen LogP contribution is 2.25. The van der Waals surface area contributed by atoms with Gasteiger partial charge in [0.25, 0.3) is 0 Å². The fourth-order valence-corrected chi connectivity index (χ4v) is 1.75. The highest BCUT2D eigenvalue weighted by Gasteiger charge is 2.17. The summed E-state index contributed by atoms with van der Waals surface area (Å²) in [4.78, 5) is 0. The van der Waals surface area contributed by atoms with E-state index >= 15 is 0 Å². The lowest BCUT2D eigenvalue weighted by molar-refractivity contribution is 0.622. The van der Waals surface area contributed by atoms with Crippen molar-refractivity contribution >= 4 is 21.8 Å². The quantitative estimate of drug-likeness (QED) is 0.524. The molecule has 0 unspecified atom stereocenters. The van der Waals surface area contributed by atoms with Gasteiger partial charge in [0.05, 0.1) is 0 Å². The van der Waals surface area contributed by atoms with Crippen LogP contribution < -0.4 is 0 Å². The minimum atomic E-state index is -0.240. The number of alkyl halides is 1. The van der Waals surface area contributed by atoms with E-state index in [4.69, 9.17) is 11.6 Å². The maximum absolute atomic E-state index is 12.8. The lowest BCUT2D eigenvalue weighted by atomic mass is 9.97. The molecule has 0 bridgehead atoms. The second-order valence-corrected chi connectivity index (χ2v) is 5.08. The van der Waals surface area contributed by atoms with Gasteiger partial charge in [-0.15, -0.1) is 11.6 Å². The fraction of sp³-hybridized carbons (Fsp3) is 0.400. The number of halogens is 2. The maximum Gasteiger partial charge on any atom is 0.123 e. The lowest BCUT2D eigenvalue weighted by Crippen LogP contribution is -2.18. The molecule has 13 heavy (non-hydrogen) atoms. The van der Waals surface area contributed by atoms with Crippen LogP contribution in [-0.2, 0) is 10.9 Å². The van der Waals surface area contributed by atoms with Crippen LogP contribution in [0.1, 0.15) is 25.0 Å². The summed E-state index contributed by atoms with van der Waals surface area (Å²) in [6.07, 6.45) is 0. The molecule has 1 rings (SSSR count). The van der Waals surface area contributed by atoms with Crippen LogP contribution in [0.2, 0.25) is 0 Å². The smallest absolute Gasteiger partial charge is 0.123 e. The molecule has 0 fully saturated rings. The van der Waals surface area contributed by atoms with Gasteiger partial charge in [-0.2, -0.15) is 0 Å². The number of benzene rings is 1. The molecule has 0 aliphatic heterocycles. The summed E-state index contributed by atoms with van der Waals surface area (Å²) in [5.41, 5.74) is 1.86. The SMILES string of the molecule is CC(C)([Si])c1ccc(F)cc1CCl. The van der Waals surface area contributed by atoms with Crippen molar-refractivity contribution in [2.24, 2.45) is 0 Å². The van der Waals surface area contributed by atoms with Crippen LogP contribution in [0, 0.1) is 5.82 Å². The minimum Gasteiger partial charge on any atom is -0.207 e. The Morgan fingerprint density at radius 3 is 2.54 bits per heavy atom. The first-order valence-corrected chi connectivity index (χ1v) is 5.08. The molecule has 0 atom stereocenters. The molecule has 0 saturated heterocycles. The van der Waals surface area contributed by atoms with E-state index in [0.717, 1.165) is 11.1 Å². The molecule has 69 valence electrons. The molecule has 0 N–H and O–H groups in total. The first-order valence-electron chi connectivity index (χ1n) is 4.05. The predicted octanol–water partition coefficient (Wildman–Crippen LogP) is 2.97. The molecule has 0 aliphatic carbocycles. The van der Waals surface area contributed by atoms with Crippen molar-refractivity contribution in [3.05, 3.63) is 35.1 Å². The van der Waals surface area contributed by atoms with E-state index in [1.54, 1.807) is 6.07 Å². The van der Waals surface area contributed by atoms with E-state index in [2.05, 4.69) is 10.2 Å². The summed E-state index contributed by atoms with van der Waals surface area (Å²) < 4.78 is 12.8. The van der Waals surface area contributed by atoms with Crippen molar-refractivity contribution in [3.8, 4) is 0 Å². The Morgan fingerprint density at radius 1 is 1.46 bits per heavy atom. The Labute approximate surface area is 86.5 Å². The van der Waals surface area contributed by atoms with Gasteiger partial charge in [0.2, 0.25) is 0 Å². The van der Waals surface area contributed by atoms with E-state index in [0.29, 0.717) is 5.88 Å². The third kappa shape index (κ3) is 2.55. The lowest BCUT2D eigenvalue weighted by Gasteiger charge is -2.21. The molecule has 0 saturated carbocycles. The summed E-state index contributed by atoms with van der Waals surface area (Å²) in [5.74, 6) is 0.0939. The second-order valence-electron chi connectivity index (χ2n) is 3.56. The highest BCUT2D eigenvalue weighted by atomic mass is 35.5. The van der Waals surface area contributed by atoms with Crippen LogP contribution in [0.25, 0.3) is 0 Å². The second kappa shape index (κ2) is 3.80. The Hall–Kier alpha value is -0.343. The fourth-order valence-electron chi connectivity index (χ4n) is 1.28. The zero-order chi connectivity index (χ0) is 10.1. The zero-order valence-corrected chi connectivity index (χ0v) is 9.45.